The zero-order chi connectivity index (χ0) is 11.1. The van der Waals surface area contributed by atoms with Gasteiger partial charge in [0.15, 0.2) is 0 Å². The van der Waals surface area contributed by atoms with Crippen molar-refractivity contribution in [1.82, 2.24) is 4.90 Å². The van der Waals surface area contributed by atoms with Crippen molar-refractivity contribution in [1.29, 1.82) is 0 Å². The molecule has 0 amide bonds. The van der Waals surface area contributed by atoms with Crippen LogP contribution in [0, 0.1) is 0 Å². The van der Waals surface area contributed by atoms with Crippen molar-refractivity contribution in [2.75, 3.05) is 38.6 Å². The zero-order valence-electron chi connectivity index (χ0n) is 10.0. The molecular weight excluding hydrogens is 254 g/mol. The molecule has 2 nitrogen and oxygen atoms in total. The van der Waals surface area contributed by atoms with E-state index in [1.165, 1.54) is 23.6 Å². The molecule has 0 spiro atoms. The van der Waals surface area contributed by atoms with E-state index in [-0.39, 0.29) is 12.4 Å². The quantitative estimate of drug-likeness (QED) is 0.605. The van der Waals surface area contributed by atoms with E-state index in [0.29, 0.717) is 0 Å². The summed E-state index contributed by atoms with van der Waals surface area (Å²) in [6, 6.07) is 10.6. The Morgan fingerprint density at radius 2 is 1.82 bits per heavy atom. The van der Waals surface area contributed by atoms with Crippen LogP contribution in [-0.2, 0) is 4.74 Å². The Bertz CT molecular complexity index is 291. The summed E-state index contributed by atoms with van der Waals surface area (Å²) in [4.78, 5) is 3.87. The van der Waals surface area contributed by atoms with Crippen molar-refractivity contribution in [2.24, 2.45) is 0 Å². The van der Waals surface area contributed by atoms with E-state index in [4.69, 9.17) is 4.74 Å². The first-order chi connectivity index (χ1) is 7.95. The van der Waals surface area contributed by atoms with Gasteiger partial charge in [0, 0.05) is 18.0 Å². The van der Waals surface area contributed by atoms with Crippen LogP contribution in [0.5, 0.6) is 0 Å². The maximum atomic E-state index is 5.33. The molecule has 0 unspecified atom stereocenters. The third kappa shape index (κ3) is 5.77. The van der Waals surface area contributed by atoms with Gasteiger partial charge in [-0.1, -0.05) is 18.2 Å². The van der Waals surface area contributed by atoms with Crippen molar-refractivity contribution < 1.29 is 4.74 Å². The predicted octanol–water partition coefficient (Wildman–Crippen LogP) is 2.92. The summed E-state index contributed by atoms with van der Waals surface area (Å²) in [7, 11) is 0. The van der Waals surface area contributed by atoms with Gasteiger partial charge in [-0.2, -0.15) is 0 Å². The zero-order valence-corrected chi connectivity index (χ0v) is 11.6. The molecule has 0 atom stereocenters. The standard InChI is InChI=1S/C13H19NOS.ClH/c1-2-5-13(6-3-1)16-12-4-7-14-8-10-15-11-9-14;/h1-3,5-6H,4,7-12H2;1H. The van der Waals surface area contributed by atoms with Gasteiger partial charge in [-0.3, -0.25) is 4.90 Å². The third-order valence-electron chi connectivity index (χ3n) is 2.73. The Morgan fingerprint density at radius 3 is 2.53 bits per heavy atom. The molecule has 0 aromatic heterocycles. The second-order valence-electron chi connectivity index (χ2n) is 3.97. The summed E-state index contributed by atoms with van der Waals surface area (Å²) in [5, 5.41) is 0. The number of thioether (sulfide) groups is 1. The molecule has 0 bridgehead atoms. The van der Waals surface area contributed by atoms with E-state index in [9.17, 15) is 0 Å². The Balaban J connectivity index is 0.00000144. The maximum absolute atomic E-state index is 5.33. The van der Waals surface area contributed by atoms with Gasteiger partial charge in [0.25, 0.3) is 0 Å². The van der Waals surface area contributed by atoms with Gasteiger partial charge in [0.1, 0.15) is 0 Å². The molecule has 1 saturated heterocycles. The second-order valence-corrected chi connectivity index (χ2v) is 5.14. The van der Waals surface area contributed by atoms with Crippen molar-refractivity contribution in [2.45, 2.75) is 11.3 Å². The average Bonchev–Trinajstić information content (AvgIpc) is 2.37. The lowest BCUT2D eigenvalue weighted by Crippen LogP contribution is -2.36. The van der Waals surface area contributed by atoms with Crippen LogP contribution in [0.2, 0.25) is 0 Å². The van der Waals surface area contributed by atoms with E-state index in [0.717, 1.165) is 26.3 Å². The van der Waals surface area contributed by atoms with Crippen LogP contribution < -0.4 is 0 Å². The van der Waals surface area contributed by atoms with E-state index in [2.05, 4.69) is 35.2 Å². The average molecular weight is 274 g/mol. The lowest BCUT2D eigenvalue weighted by Gasteiger charge is -2.26. The summed E-state index contributed by atoms with van der Waals surface area (Å²) in [6.45, 7) is 5.24. The molecule has 1 aromatic carbocycles. The minimum absolute atomic E-state index is 0. The van der Waals surface area contributed by atoms with Crippen LogP contribution in [0.4, 0.5) is 0 Å². The Hall–Kier alpha value is -0.220. The molecule has 1 heterocycles. The molecule has 17 heavy (non-hydrogen) atoms. The summed E-state index contributed by atoms with van der Waals surface area (Å²) >= 11 is 1.95. The van der Waals surface area contributed by atoms with E-state index >= 15 is 0 Å². The Kier molecular flexibility index (Phi) is 7.69. The monoisotopic (exact) mass is 273 g/mol. The van der Waals surface area contributed by atoms with Crippen molar-refractivity contribution >= 4 is 24.2 Å². The highest BCUT2D eigenvalue weighted by molar-refractivity contribution is 7.99. The van der Waals surface area contributed by atoms with Crippen LogP contribution in [0.25, 0.3) is 0 Å². The summed E-state index contributed by atoms with van der Waals surface area (Å²) < 4.78 is 5.33. The number of benzene rings is 1. The number of hydrogen-bond donors (Lipinski definition) is 0. The first kappa shape index (κ1) is 14.8. The van der Waals surface area contributed by atoms with Crippen molar-refractivity contribution in [3.05, 3.63) is 30.3 Å². The molecule has 2 rings (SSSR count). The molecule has 0 aliphatic carbocycles. The van der Waals surface area contributed by atoms with E-state index in [1.54, 1.807) is 0 Å². The minimum Gasteiger partial charge on any atom is -0.379 e. The number of halogens is 1. The lowest BCUT2D eigenvalue weighted by molar-refractivity contribution is 0.0381. The number of ether oxygens (including phenoxy) is 1. The van der Waals surface area contributed by atoms with Crippen molar-refractivity contribution in [3.8, 4) is 0 Å². The SMILES string of the molecule is Cl.c1ccc(SCCCN2CCOCC2)cc1. The number of hydrogen-bond acceptors (Lipinski definition) is 3. The largest absolute Gasteiger partial charge is 0.379 e. The molecule has 1 aliphatic rings. The molecule has 0 N–H and O–H groups in total. The second kappa shape index (κ2) is 8.81. The fraction of sp³-hybridized carbons (Fsp3) is 0.538. The molecular formula is C13H20ClNOS. The van der Waals surface area contributed by atoms with E-state index in [1.807, 2.05) is 11.8 Å². The number of nitrogens with zero attached hydrogens (tertiary/aromatic N) is 1. The Labute approximate surface area is 114 Å². The molecule has 0 radical (unpaired) electrons. The summed E-state index contributed by atoms with van der Waals surface area (Å²) in [5.41, 5.74) is 0. The van der Waals surface area contributed by atoms with E-state index < -0.39 is 0 Å². The first-order valence-corrected chi connectivity index (χ1v) is 6.92. The van der Waals surface area contributed by atoms with Gasteiger partial charge < -0.3 is 4.74 Å². The minimum atomic E-state index is 0. The fourth-order valence-electron chi connectivity index (χ4n) is 1.82. The number of morpholine rings is 1. The third-order valence-corrected chi connectivity index (χ3v) is 3.83. The molecule has 0 saturated carbocycles. The van der Waals surface area contributed by atoms with Gasteiger partial charge in [-0.25, -0.2) is 0 Å². The highest BCUT2D eigenvalue weighted by Crippen LogP contribution is 2.17. The maximum Gasteiger partial charge on any atom is 0.0594 e. The van der Waals surface area contributed by atoms with Gasteiger partial charge in [-0.05, 0) is 30.9 Å². The topological polar surface area (TPSA) is 12.5 Å². The van der Waals surface area contributed by atoms with Gasteiger partial charge in [0.05, 0.1) is 13.2 Å². The highest BCUT2D eigenvalue weighted by Gasteiger charge is 2.08. The molecule has 1 aromatic rings. The first-order valence-electron chi connectivity index (χ1n) is 5.93. The summed E-state index contributed by atoms with van der Waals surface area (Å²) in [6.07, 6.45) is 1.26. The molecule has 1 fully saturated rings. The lowest BCUT2D eigenvalue weighted by atomic mass is 10.3. The highest BCUT2D eigenvalue weighted by atomic mass is 35.5. The predicted molar refractivity (Wildman–Crippen MR) is 76.3 cm³/mol. The van der Waals surface area contributed by atoms with Gasteiger partial charge in [-0.15, -0.1) is 24.2 Å². The van der Waals surface area contributed by atoms with Crippen LogP contribution >= 0.6 is 24.2 Å². The van der Waals surface area contributed by atoms with Crippen molar-refractivity contribution in [3.63, 3.8) is 0 Å². The molecule has 96 valence electrons. The fourth-order valence-corrected chi connectivity index (χ4v) is 2.68. The molecule has 1 aliphatic heterocycles. The summed E-state index contributed by atoms with van der Waals surface area (Å²) in [5.74, 6) is 1.21. The molecule has 4 heteroatoms. The normalized spacial score (nSPS) is 16.5. The number of rotatable bonds is 5. The van der Waals surface area contributed by atoms with Crippen LogP contribution in [-0.4, -0.2) is 43.5 Å². The Morgan fingerprint density at radius 1 is 1.12 bits per heavy atom. The van der Waals surface area contributed by atoms with Gasteiger partial charge in [0.2, 0.25) is 0 Å². The van der Waals surface area contributed by atoms with Crippen LogP contribution in [0.15, 0.2) is 35.2 Å². The van der Waals surface area contributed by atoms with Gasteiger partial charge >= 0.3 is 0 Å². The van der Waals surface area contributed by atoms with Crippen LogP contribution in [0.3, 0.4) is 0 Å². The van der Waals surface area contributed by atoms with Crippen LogP contribution in [0.1, 0.15) is 6.42 Å². The smallest absolute Gasteiger partial charge is 0.0594 e.